The van der Waals surface area contributed by atoms with Crippen LogP contribution >= 0.6 is 0 Å². The van der Waals surface area contributed by atoms with Gasteiger partial charge >= 0.3 is 11.4 Å². The van der Waals surface area contributed by atoms with E-state index >= 15 is 0 Å². The van der Waals surface area contributed by atoms with E-state index in [4.69, 9.17) is 9.15 Å². The van der Waals surface area contributed by atoms with Gasteiger partial charge in [0.15, 0.2) is 0 Å². The lowest BCUT2D eigenvalue weighted by Gasteiger charge is -2.10. The molecule has 3 aromatic rings. The Morgan fingerprint density at radius 2 is 1.96 bits per heavy atom. The quantitative estimate of drug-likeness (QED) is 0.409. The van der Waals surface area contributed by atoms with Crippen molar-refractivity contribution in [3.05, 3.63) is 73.3 Å². The predicted molar refractivity (Wildman–Crippen MR) is 91.9 cm³/mol. The topological polar surface area (TPSA) is 95.5 Å². The molecule has 2 heterocycles. The molecule has 0 bridgehead atoms. The van der Waals surface area contributed by atoms with Crippen molar-refractivity contribution >= 4 is 16.8 Å². The van der Waals surface area contributed by atoms with Gasteiger partial charge in [0, 0.05) is 23.9 Å². The van der Waals surface area contributed by atoms with Crippen LogP contribution in [-0.2, 0) is 6.61 Å². The Bertz CT molecular complexity index is 1040. The Kier molecular flexibility index (Phi) is 4.22. The molecule has 0 aliphatic rings. The fraction of sp³-hybridized carbons (Fsp3) is 0.222. The molecule has 2 aromatic heterocycles. The molecule has 0 fully saturated rings. The second-order valence-electron chi connectivity index (χ2n) is 5.79. The van der Waals surface area contributed by atoms with Gasteiger partial charge in [0.2, 0.25) is 5.75 Å². The minimum atomic E-state index is -0.590. The first kappa shape index (κ1) is 16.6. The van der Waals surface area contributed by atoms with E-state index in [0.717, 1.165) is 16.5 Å². The molecule has 1 aromatic carbocycles. The molecule has 128 valence electrons. The maximum absolute atomic E-state index is 11.9. The molecule has 0 spiro atoms. The number of aryl methyl sites for hydroxylation is 3. The van der Waals surface area contributed by atoms with E-state index in [-0.39, 0.29) is 18.2 Å². The largest absolute Gasteiger partial charge is 0.481 e. The third-order valence-corrected chi connectivity index (χ3v) is 4.05. The molecule has 0 saturated heterocycles. The summed E-state index contributed by atoms with van der Waals surface area (Å²) in [6, 6.07) is 8.25. The number of hydrogen-bond acceptors (Lipinski definition) is 6. The Morgan fingerprint density at radius 3 is 2.68 bits per heavy atom. The van der Waals surface area contributed by atoms with Gasteiger partial charge in [0.05, 0.1) is 0 Å². The maximum atomic E-state index is 11.9. The number of aromatic nitrogens is 1. The highest BCUT2D eigenvalue weighted by atomic mass is 16.6. The van der Waals surface area contributed by atoms with Crippen molar-refractivity contribution in [3.63, 3.8) is 0 Å². The fourth-order valence-corrected chi connectivity index (χ4v) is 2.57. The van der Waals surface area contributed by atoms with E-state index in [1.807, 2.05) is 26.0 Å². The molecule has 0 atom stereocenters. The average Bonchev–Trinajstić information content (AvgIpc) is 2.57. The summed E-state index contributed by atoms with van der Waals surface area (Å²) in [7, 11) is 0. The van der Waals surface area contributed by atoms with Gasteiger partial charge in [-0.2, -0.15) is 0 Å². The van der Waals surface area contributed by atoms with Crippen molar-refractivity contribution in [2.24, 2.45) is 0 Å². The lowest BCUT2D eigenvalue weighted by atomic mass is 10.0. The normalized spacial score (nSPS) is 10.8. The van der Waals surface area contributed by atoms with E-state index in [1.54, 1.807) is 13.0 Å². The third kappa shape index (κ3) is 3.21. The number of hydrogen-bond donors (Lipinski definition) is 0. The van der Waals surface area contributed by atoms with E-state index < -0.39 is 10.5 Å². The van der Waals surface area contributed by atoms with Crippen LogP contribution in [0.3, 0.4) is 0 Å². The molecule has 0 aliphatic heterocycles. The van der Waals surface area contributed by atoms with E-state index in [2.05, 4.69) is 4.98 Å². The Balaban J connectivity index is 2.01. The van der Waals surface area contributed by atoms with Crippen LogP contribution in [0, 0.1) is 30.9 Å². The summed E-state index contributed by atoms with van der Waals surface area (Å²) in [6.45, 7) is 5.47. The number of fused-ring (bicyclic) bond motifs is 1. The molecule has 0 amide bonds. The Hall–Kier alpha value is -3.22. The molecule has 0 N–H and O–H groups in total. The first-order valence-electron chi connectivity index (χ1n) is 7.64. The average molecular weight is 340 g/mol. The molecule has 7 heteroatoms. The van der Waals surface area contributed by atoms with Gasteiger partial charge in [0.25, 0.3) is 0 Å². The SMILES string of the molecule is Cc1ccc(OCc2cc(=O)oc3c(C)c(C)ccc23)c([N+](=O)[O-])n1. The maximum Gasteiger partial charge on any atom is 0.406 e. The first-order chi connectivity index (χ1) is 11.9. The minimum Gasteiger partial charge on any atom is -0.481 e. The van der Waals surface area contributed by atoms with Crippen LogP contribution in [0.2, 0.25) is 0 Å². The lowest BCUT2D eigenvalue weighted by Crippen LogP contribution is -2.06. The van der Waals surface area contributed by atoms with Gasteiger partial charge in [-0.05, 0) is 47.0 Å². The first-order valence-corrected chi connectivity index (χ1v) is 7.64. The summed E-state index contributed by atoms with van der Waals surface area (Å²) in [5.41, 5.74) is 3.02. The molecule has 0 saturated carbocycles. The highest BCUT2D eigenvalue weighted by molar-refractivity contribution is 5.83. The van der Waals surface area contributed by atoms with Crippen LogP contribution in [0.25, 0.3) is 11.0 Å². The smallest absolute Gasteiger partial charge is 0.406 e. The van der Waals surface area contributed by atoms with Gasteiger partial charge in [-0.1, -0.05) is 12.1 Å². The summed E-state index contributed by atoms with van der Waals surface area (Å²) in [6.07, 6.45) is 0. The predicted octanol–water partition coefficient (Wildman–Crippen LogP) is 3.60. The monoisotopic (exact) mass is 340 g/mol. The number of ether oxygens (including phenoxy) is 1. The minimum absolute atomic E-state index is 0.00379. The van der Waals surface area contributed by atoms with Gasteiger partial charge in [-0.3, -0.25) is 0 Å². The Morgan fingerprint density at radius 1 is 1.20 bits per heavy atom. The highest BCUT2D eigenvalue weighted by Crippen LogP contribution is 2.27. The van der Waals surface area contributed by atoms with Gasteiger partial charge in [-0.15, -0.1) is 0 Å². The lowest BCUT2D eigenvalue weighted by molar-refractivity contribution is -0.390. The molecular formula is C18H16N2O5. The van der Waals surface area contributed by atoms with E-state index in [1.165, 1.54) is 12.1 Å². The van der Waals surface area contributed by atoms with Crippen molar-refractivity contribution in [3.8, 4) is 5.75 Å². The summed E-state index contributed by atoms with van der Waals surface area (Å²) in [4.78, 5) is 26.3. The number of pyridine rings is 1. The summed E-state index contributed by atoms with van der Waals surface area (Å²) in [5, 5.41) is 11.9. The molecule has 7 nitrogen and oxygen atoms in total. The van der Waals surface area contributed by atoms with Gasteiger partial charge in [0.1, 0.15) is 17.9 Å². The molecular weight excluding hydrogens is 324 g/mol. The molecule has 0 aliphatic carbocycles. The Labute approximate surface area is 143 Å². The zero-order chi connectivity index (χ0) is 18.1. The summed E-state index contributed by atoms with van der Waals surface area (Å²) >= 11 is 0. The number of rotatable bonds is 4. The van der Waals surface area contributed by atoms with Crippen LogP contribution in [0.5, 0.6) is 5.75 Å². The van der Waals surface area contributed by atoms with Crippen LogP contribution in [0.1, 0.15) is 22.4 Å². The number of benzene rings is 1. The number of nitrogens with zero attached hydrogens (tertiary/aromatic N) is 2. The second kappa shape index (κ2) is 6.35. The zero-order valence-corrected chi connectivity index (χ0v) is 14.0. The van der Waals surface area contributed by atoms with Crippen LogP contribution in [-0.4, -0.2) is 9.91 Å². The standard InChI is InChI=1S/C18H16N2O5/c1-10-4-6-14-13(8-16(21)25-17(14)12(10)3)9-24-15-7-5-11(2)19-18(15)20(22)23/h4-8H,9H2,1-3H3. The second-order valence-corrected chi connectivity index (χ2v) is 5.79. The van der Waals surface area contributed by atoms with Crippen molar-refractivity contribution in [1.82, 2.24) is 4.98 Å². The highest BCUT2D eigenvalue weighted by Gasteiger charge is 2.18. The fourth-order valence-electron chi connectivity index (χ4n) is 2.57. The van der Waals surface area contributed by atoms with Crippen molar-refractivity contribution in [2.45, 2.75) is 27.4 Å². The van der Waals surface area contributed by atoms with Crippen molar-refractivity contribution in [1.29, 1.82) is 0 Å². The van der Waals surface area contributed by atoms with Crippen LogP contribution in [0.15, 0.2) is 39.5 Å². The van der Waals surface area contributed by atoms with E-state index in [9.17, 15) is 14.9 Å². The van der Waals surface area contributed by atoms with E-state index in [0.29, 0.717) is 16.8 Å². The summed E-state index contributed by atoms with van der Waals surface area (Å²) in [5.74, 6) is -0.292. The van der Waals surface area contributed by atoms with Crippen molar-refractivity contribution in [2.75, 3.05) is 0 Å². The molecule has 0 unspecified atom stereocenters. The zero-order valence-electron chi connectivity index (χ0n) is 14.0. The molecule has 0 radical (unpaired) electrons. The van der Waals surface area contributed by atoms with Gasteiger partial charge < -0.3 is 19.3 Å². The third-order valence-electron chi connectivity index (χ3n) is 4.05. The van der Waals surface area contributed by atoms with Crippen LogP contribution < -0.4 is 10.4 Å². The van der Waals surface area contributed by atoms with Crippen LogP contribution in [0.4, 0.5) is 5.82 Å². The molecule has 3 rings (SSSR count). The van der Waals surface area contributed by atoms with Gasteiger partial charge in [-0.25, -0.2) is 4.79 Å². The molecule has 25 heavy (non-hydrogen) atoms. The number of nitro groups is 1. The van der Waals surface area contributed by atoms with Crippen molar-refractivity contribution < 1.29 is 14.1 Å². The summed E-state index contributed by atoms with van der Waals surface area (Å²) < 4.78 is 10.9.